The van der Waals surface area contributed by atoms with Crippen molar-refractivity contribution >= 4 is 11.6 Å². The summed E-state index contributed by atoms with van der Waals surface area (Å²) in [6.07, 6.45) is -0.214. The minimum atomic E-state index is -2.52. The lowest BCUT2D eigenvalue weighted by Crippen LogP contribution is -2.37. The summed E-state index contributed by atoms with van der Waals surface area (Å²) in [6, 6.07) is 16.7. The highest BCUT2D eigenvalue weighted by Gasteiger charge is 2.44. The van der Waals surface area contributed by atoms with Gasteiger partial charge < -0.3 is 15.8 Å². The van der Waals surface area contributed by atoms with Crippen molar-refractivity contribution in [2.45, 2.75) is 18.8 Å². The second-order valence-corrected chi connectivity index (χ2v) is 5.92. The molecule has 1 aliphatic carbocycles. The molecule has 0 heterocycles. The van der Waals surface area contributed by atoms with Crippen LogP contribution in [0.2, 0.25) is 0 Å². The van der Waals surface area contributed by atoms with Crippen molar-refractivity contribution < 1.29 is 13.5 Å². The Morgan fingerprint density at radius 1 is 1.12 bits per heavy atom. The van der Waals surface area contributed by atoms with E-state index >= 15 is 0 Å². The number of nitrogens with two attached hydrogens (primary N) is 1. The van der Waals surface area contributed by atoms with E-state index in [-0.39, 0.29) is 24.7 Å². The highest BCUT2D eigenvalue weighted by molar-refractivity contribution is 5.92. The zero-order valence-corrected chi connectivity index (χ0v) is 13.1. The molecule has 4 nitrogen and oxygen atoms in total. The van der Waals surface area contributed by atoms with Crippen molar-refractivity contribution in [3.63, 3.8) is 0 Å². The molecular formula is C18H19F2N3O. The molecule has 24 heavy (non-hydrogen) atoms. The third-order valence-electron chi connectivity index (χ3n) is 3.78. The number of para-hydroxylation sites is 1. The Bertz CT molecular complexity index is 711. The second kappa shape index (κ2) is 6.86. The predicted octanol–water partition coefficient (Wildman–Crippen LogP) is 4.25. The molecule has 0 bridgehead atoms. The lowest BCUT2D eigenvalue weighted by atomic mass is 9.81. The molecule has 0 saturated heterocycles. The number of guanidine groups is 1. The summed E-state index contributed by atoms with van der Waals surface area (Å²) in [5.74, 6) is -0.999. The van der Waals surface area contributed by atoms with Crippen molar-refractivity contribution in [3.05, 3.63) is 54.6 Å². The number of halogens is 2. The third kappa shape index (κ3) is 4.44. The number of aliphatic imine (C=N–C) groups is 1. The standard InChI is InChI=1S/C18H19F2N3O/c19-18(20)10-13(11-18)12-22-17(21)23-14-5-4-8-16(9-14)24-15-6-2-1-3-7-15/h1-9,13H,10-12H2,(H3,21,22,23). The number of ether oxygens (including phenoxy) is 1. The minimum Gasteiger partial charge on any atom is -0.457 e. The van der Waals surface area contributed by atoms with E-state index in [9.17, 15) is 8.78 Å². The van der Waals surface area contributed by atoms with E-state index in [2.05, 4.69) is 10.3 Å². The molecule has 0 amide bonds. The van der Waals surface area contributed by atoms with Crippen LogP contribution in [0.3, 0.4) is 0 Å². The first-order valence-corrected chi connectivity index (χ1v) is 7.78. The largest absolute Gasteiger partial charge is 0.457 e. The average molecular weight is 331 g/mol. The van der Waals surface area contributed by atoms with Crippen LogP contribution in [0.4, 0.5) is 14.5 Å². The van der Waals surface area contributed by atoms with Gasteiger partial charge >= 0.3 is 0 Å². The van der Waals surface area contributed by atoms with Crippen molar-refractivity contribution in [2.24, 2.45) is 16.6 Å². The van der Waals surface area contributed by atoms with Gasteiger partial charge in [0.25, 0.3) is 0 Å². The van der Waals surface area contributed by atoms with Gasteiger partial charge in [-0.15, -0.1) is 0 Å². The number of nitrogens with zero attached hydrogens (tertiary/aromatic N) is 1. The van der Waals surface area contributed by atoms with E-state index < -0.39 is 5.92 Å². The van der Waals surface area contributed by atoms with Gasteiger partial charge in [-0.2, -0.15) is 0 Å². The van der Waals surface area contributed by atoms with Gasteiger partial charge in [0.2, 0.25) is 5.92 Å². The SMILES string of the molecule is NC(=NCC1CC(F)(F)C1)Nc1cccc(Oc2ccccc2)c1. The number of hydrogen-bond acceptors (Lipinski definition) is 2. The van der Waals surface area contributed by atoms with Gasteiger partial charge in [-0.1, -0.05) is 24.3 Å². The lowest BCUT2D eigenvalue weighted by Gasteiger charge is -2.33. The first kappa shape index (κ1) is 16.2. The maximum absolute atomic E-state index is 12.8. The Hall–Kier alpha value is -2.63. The zero-order chi connectivity index (χ0) is 17.0. The average Bonchev–Trinajstić information content (AvgIpc) is 2.52. The van der Waals surface area contributed by atoms with Gasteiger partial charge in [0.05, 0.1) is 0 Å². The van der Waals surface area contributed by atoms with Gasteiger partial charge in [0.1, 0.15) is 11.5 Å². The molecule has 6 heteroatoms. The third-order valence-corrected chi connectivity index (χ3v) is 3.78. The fourth-order valence-electron chi connectivity index (χ4n) is 2.59. The van der Waals surface area contributed by atoms with Gasteiger partial charge in [-0.05, 0) is 30.2 Å². The second-order valence-electron chi connectivity index (χ2n) is 5.92. The fourth-order valence-corrected chi connectivity index (χ4v) is 2.59. The zero-order valence-electron chi connectivity index (χ0n) is 13.1. The summed E-state index contributed by atoms with van der Waals surface area (Å²) in [5.41, 5.74) is 6.54. The Balaban J connectivity index is 1.56. The number of alkyl halides is 2. The molecule has 126 valence electrons. The molecule has 0 aromatic heterocycles. The first-order chi connectivity index (χ1) is 11.5. The van der Waals surface area contributed by atoms with Gasteiger partial charge in [-0.25, -0.2) is 8.78 Å². The highest BCUT2D eigenvalue weighted by atomic mass is 19.3. The first-order valence-electron chi connectivity index (χ1n) is 7.78. The Morgan fingerprint density at radius 2 is 1.83 bits per heavy atom. The monoisotopic (exact) mass is 331 g/mol. The quantitative estimate of drug-likeness (QED) is 0.636. The van der Waals surface area contributed by atoms with Crippen molar-refractivity contribution in [3.8, 4) is 11.5 Å². The normalized spacial score (nSPS) is 17.2. The molecule has 0 radical (unpaired) electrons. The van der Waals surface area contributed by atoms with Gasteiger partial charge in [-0.3, -0.25) is 4.99 Å². The van der Waals surface area contributed by atoms with E-state index in [1.165, 1.54) is 0 Å². The smallest absolute Gasteiger partial charge is 0.248 e. The Morgan fingerprint density at radius 3 is 2.54 bits per heavy atom. The van der Waals surface area contributed by atoms with Gasteiger partial charge in [0.15, 0.2) is 5.96 Å². The molecule has 0 unspecified atom stereocenters. The minimum absolute atomic E-state index is 0.0897. The molecule has 2 aromatic rings. The molecule has 1 aliphatic rings. The lowest BCUT2D eigenvalue weighted by molar-refractivity contribution is -0.107. The van der Waals surface area contributed by atoms with Crippen molar-refractivity contribution in [1.29, 1.82) is 0 Å². The van der Waals surface area contributed by atoms with E-state index in [0.29, 0.717) is 12.3 Å². The van der Waals surface area contributed by atoms with Crippen LogP contribution in [-0.2, 0) is 0 Å². The van der Waals surface area contributed by atoms with E-state index in [0.717, 1.165) is 11.4 Å². The summed E-state index contributed by atoms with van der Waals surface area (Å²) < 4.78 is 31.3. The van der Waals surface area contributed by atoms with E-state index in [1.54, 1.807) is 6.07 Å². The topological polar surface area (TPSA) is 59.6 Å². The molecule has 3 rings (SSSR count). The number of hydrogen-bond donors (Lipinski definition) is 2. The number of anilines is 1. The molecule has 0 spiro atoms. The Kier molecular flexibility index (Phi) is 4.64. The van der Waals surface area contributed by atoms with Crippen molar-refractivity contribution in [1.82, 2.24) is 0 Å². The maximum atomic E-state index is 12.8. The van der Waals surface area contributed by atoms with Crippen LogP contribution in [0.5, 0.6) is 11.5 Å². The summed E-state index contributed by atoms with van der Waals surface area (Å²) in [5, 5.41) is 2.95. The summed E-state index contributed by atoms with van der Waals surface area (Å²) in [4.78, 5) is 4.13. The summed E-state index contributed by atoms with van der Waals surface area (Å²) >= 11 is 0. The predicted molar refractivity (Wildman–Crippen MR) is 90.7 cm³/mol. The Labute approximate surface area is 139 Å². The van der Waals surface area contributed by atoms with Crippen LogP contribution in [0.15, 0.2) is 59.6 Å². The van der Waals surface area contributed by atoms with Crippen molar-refractivity contribution in [2.75, 3.05) is 11.9 Å². The molecular weight excluding hydrogens is 312 g/mol. The van der Waals surface area contributed by atoms with Crippen LogP contribution in [0.25, 0.3) is 0 Å². The number of rotatable bonds is 5. The molecule has 0 aliphatic heterocycles. The number of nitrogens with one attached hydrogen (secondary N) is 1. The summed E-state index contributed by atoms with van der Waals surface area (Å²) in [6.45, 7) is 0.314. The van der Waals surface area contributed by atoms with Crippen LogP contribution >= 0.6 is 0 Å². The van der Waals surface area contributed by atoms with E-state index in [4.69, 9.17) is 10.5 Å². The molecule has 2 aromatic carbocycles. The molecule has 1 saturated carbocycles. The fraction of sp³-hybridized carbons (Fsp3) is 0.278. The van der Waals surface area contributed by atoms with Crippen LogP contribution < -0.4 is 15.8 Å². The van der Waals surface area contributed by atoms with Crippen LogP contribution in [-0.4, -0.2) is 18.4 Å². The highest BCUT2D eigenvalue weighted by Crippen LogP contribution is 2.42. The summed E-state index contributed by atoms with van der Waals surface area (Å²) in [7, 11) is 0. The van der Waals surface area contributed by atoms with E-state index in [1.807, 2.05) is 48.5 Å². The maximum Gasteiger partial charge on any atom is 0.248 e. The molecule has 1 fully saturated rings. The molecule has 0 atom stereocenters. The van der Waals surface area contributed by atoms with Gasteiger partial charge in [0, 0.05) is 31.1 Å². The van der Waals surface area contributed by atoms with Crippen LogP contribution in [0.1, 0.15) is 12.8 Å². The van der Waals surface area contributed by atoms with Crippen LogP contribution in [0, 0.1) is 5.92 Å². The number of benzene rings is 2. The molecule has 3 N–H and O–H groups in total.